The standard InChI is InChI=1S/C11H11ClN4O3/c12-7-3-1-2-4-8(7)16-14-9(11(18)19)10(15-16)13-5-6-17/h1-4,17H,5-6H2,(H,13,15)(H,18,19). The highest BCUT2D eigenvalue weighted by atomic mass is 35.5. The number of rotatable bonds is 5. The van der Waals surface area contributed by atoms with Crippen LogP contribution in [0.1, 0.15) is 10.5 Å². The first-order chi connectivity index (χ1) is 9.13. The number of para-hydroxylation sites is 1. The van der Waals surface area contributed by atoms with Crippen molar-refractivity contribution < 1.29 is 15.0 Å². The van der Waals surface area contributed by atoms with Crippen molar-refractivity contribution in [3.63, 3.8) is 0 Å². The van der Waals surface area contributed by atoms with E-state index in [2.05, 4.69) is 15.5 Å². The molecule has 1 aromatic heterocycles. The van der Waals surface area contributed by atoms with Crippen LogP contribution in [0.5, 0.6) is 0 Å². The van der Waals surface area contributed by atoms with Gasteiger partial charge in [0.15, 0.2) is 5.82 Å². The van der Waals surface area contributed by atoms with Gasteiger partial charge in [-0.05, 0) is 12.1 Å². The van der Waals surface area contributed by atoms with Crippen molar-refractivity contribution in [3.05, 3.63) is 35.0 Å². The number of halogens is 1. The number of hydrogen-bond acceptors (Lipinski definition) is 5. The van der Waals surface area contributed by atoms with Crippen LogP contribution in [0.3, 0.4) is 0 Å². The summed E-state index contributed by atoms with van der Waals surface area (Å²) in [4.78, 5) is 12.2. The number of carboxylic acids is 1. The predicted octanol–water partition coefficient (Wildman–Crippen LogP) is 1.02. The van der Waals surface area contributed by atoms with Crippen LogP contribution in [0.2, 0.25) is 5.02 Å². The van der Waals surface area contributed by atoms with Crippen LogP contribution >= 0.6 is 11.6 Å². The zero-order chi connectivity index (χ0) is 13.8. The van der Waals surface area contributed by atoms with E-state index in [-0.39, 0.29) is 24.7 Å². The molecule has 3 N–H and O–H groups in total. The van der Waals surface area contributed by atoms with Crippen molar-refractivity contribution in [3.8, 4) is 5.69 Å². The Morgan fingerprint density at radius 1 is 1.37 bits per heavy atom. The normalized spacial score (nSPS) is 10.4. The molecule has 19 heavy (non-hydrogen) atoms. The molecule has 0 amide bonds. The third-order valence-corrected chi connectivity index (χ3v) is 2.61. The summed E-state index contributed by atoms with van der Waals surface area (Å²) < 4.78 is 0. The number of carbonyl (C=O) groups is 1. The van der Waals surface area contributed by atoms with Crippen LogP contribution in [-0.2, 0) is 0 Å². The first-order valence-electron chi connectivity index (χ1n) is 5.43. The summed E-state index contributed by atoms with van der Waals surface area (Å²) in [5.41, 5.74) is 0.247. The Morgan fingerprint density at radius 3 is 2.74 bits per heavy atom. The maximum absolute atomic E-state index is 11.1. The van der Waals surface area contributed by atoms with Crippen molar-refractivity contribution >= 4 is 23.4 Å². The third-order valence-electron chi connectivity index (χ3n) is 2.29. The molecule has 0 radical (unpaired) electrons. The van der Waals surface area contributed by atoms with Gasteiger partial charge in [-0.2, -0.15) is 0 Å². The number of aromatic carboxylic acids is 1. The molecule has 8 heteroatoms. The topological polar surface area (TPSA) is 100 Å². The number of aromatic nitrogens is 3. The number of benzene rings is 1. The molecule has 0 aliphatic rings. The molecule has 1 heterocycles. The Hall–Kier alpha value is -2.12. The third kappa shape index (κ3) is 2.83. The SMILES string of the molecule is O=C(O)c1nn(-c2ccccc2Cl)nc1NCCO. The molecular formula is C11H11ClN4O3. The molecule has 0 aliphatic heterocycles. The van der Waals surface area contributed by atoms with Crippen molar-refractivity contribution in [2.75, 3.05) is 18.5 Å². The van der Waals surface area contributed by atoms with Crippen LogP contribution in [0, 0.1) is 0 Å². The second-order valence-electron chi connectivity index (χ2n) is 3.59. The van der Waals surface area contributed by atoms with Gasteiger partial charge in [0.2, 0.25) is 5.69 Å². The van der Waals surface area contributed by atoms with Gasteiger partial charge in [0.25, 0.3) is 0 Å². The van der Waals surface area contributed by atoms with Gasteiger partial charge in [-0.25, -0.2) is 4.79 Å². The van der Waals surface area contributed by atoms with E-state index in [1.165, 1.54) is 0 Å². The lowest BCUT2D eigenvalue weighted by atomic mass is 10.3. The van der Waals surface area contributed by atoms with E-state index in [0.29, 0.717) is 10.7 Å². The van der Waals surface area contributed by atoms with Gasteiger partial charge in [-0.15, -0.1) is 15.0 Å². The molecule has 2 rings (SSSR count). The van der Waals surface area contributed by atoms with Crippen LogP contribution in [0.25, 0.3) is 5.69 Å². The van der Waals surface area contributed by atoms with E-state index >= 15 is 0 Å². The molecule has 0 fully saturated rings. The number of aliphatic hydroxyl groups is 1. The van der Waals surface area contributed by atoms with Gasteiger partial charge in [-0.1, -0.05) is 23.7 Å². The number of nitrogens with one attached hydrogen (secondary N) is 1. The second-order valence-corrected chi connectivity index (χ2v) is 4.00. The molecule has 1 aromatic carbocycles. The zero-order valence-corrected chi connectivity index (χ0v) is 10.5. The highest BCUT2D eigenvalue weighted by molar-refractivity contribution is 6.32. The maximum atomic E-state index is 11.1. The highest BCUT2D eigenvalue weighted by Gasteiger charge is 2.18. The number of hydrogen-bond donors (Lipinski definition) is 3. The van der Waals surface area contributed by atoms with Crippen LogP contribution in [-0.4, -0.2) is 44.3 Å². The van der Waals surface area contributed by atoms with Crippen molar-refractivity contribution in [2.45, 2.75) is 0 Å². The average Bonchev–Trinajstić information content (AvgIpc) is 2.81. The summed E-state index contributed by atoms with van der Waals surface area (Å²) in [6, 6.07) is 6.81. The lowest BCUT2D eigenvalue weighted by Crippen LogP contribution is -2.09. The van der Waals surface area contributed by atoms with Gasteiger partial charge >= 0.3 is 5.97 Å². The molecule has 0 atom stereocenters. The molecule has 0 saturated heterocycles. The van der Waals surface area contributed by atoms with Gasteiger partial charge in [0.05, 0.1) is 11.6 Å². The Kier molecular flexibility index (Phi) is 3.98. The van der Waals surface area contributed by atoms with E-state index in [9.17, 15) is 4.79 Å². The fraction of sp³-hybridized carbons (Fsp3) is 0.182. The summed E-state index contributed by atoms with van der Waals surface area (Å²) in [5, 5.41) is 28.8. The Labute approximate surface area is 113 Å². The smallest absolute Gasteiger partial charge is 0.360 e. The maximum Gasteiger partial charge on any atom is 0.360 e. The Bertz CT molecular complexity index is 599. The molecule has 0 unspecified atom stereocenters. The quantitative estimate of drug-likeness (QED) is 0.757. The molecule has 0 spiro atoms. The highest BCUT2D eigenvalue weighted by Crippen LogP contribution is 2.20. The summed E-state index contributed by atoms with van der Waals surface area (Å²) in [5.74, 6) is -1.12. The Balaban J connectivity index is 2.43. The van der Waals surface area contributed by atoms with Crippen molar-refractivity contribution in [2.24, 2.45) is 0 Å². The fourth-order valence-corrected chi connectivity index (χ4v) is 1.68. The van der Waals surface area contributed by atoms with Crippen molar-refractivity contribution in [1.29, 1.82) is 0 Å². The minimum absolute atomic E-state index is 0.0847. The van der Waals surface area contributed by atoms with E-state index in [1.54, 1.807) is 24.3 Å². The summed E-state index contributed by atoms with van der Waals surface area (Å²) >= 11 is 6.00. The van der Waals surface area contributed by atoms with E-state index in [0.717, 1.165) is 4.80 Å². The first-order valence-corrected chi connectivity index (χ1v) is 5.81. The molecule has 0 aliphatic carbocycles. The average molecular weight is 283 g/mol. The molecule has 0 saturated carbocycles. The van der Waals surface area contributed by atoms with Crippen molar-refractivity contribution in [1.82, 2.24) is 15.0 Å². The monoisotopic (exact) mass is 282 g/mol. The van der Waals surface area contributed by atoms with Crippen LogP contribution < -0.4 is 5.32 Å². The van der Waals surface area contributed by atoms with Gasteiger partial charge in [0.1, 0.15) is 5.69 Å². The van der Waals surface area contributed by atoms with Crippen LogP contribution in [0.4, 0.5) is 5.82 Å². The van der Waals surface area contributed by atoms with Crippen LogP contribution in [0.15, 0.2) is 24.3 Å². The summed E-state index contributed by atoms with van der Waals surface area (Å²) in [6.45, 7) is 0.0412. The minimum atomic E-state index is -1.21. The number of carboxylic acid groups (broad SMARTS) is 1. The molecular weight excluding hydrogens is 272 g/mol. The lowest BCUT2D eigenvalue weighted by Gasteiger charge is -2.01. The van der Waals surface area contributed by atoms with E-state index in [4.69, 9.17) is 21.8 Å². The van der Waals surface area contributed by atoms with E-state index in [1.807, 2.05) is 0 Å². The van der Waals surface area contributed by atoms with Gasteiger partial charge < -0.3 is 15.5 Å². The Morgan fingerprint density at radius 2 is 2.11 bits per heavy atom. The zero-order valence-electron chi connectivity index (χ0n) is 9.75. The molecule has 100 valence electrons. The lowest BCUT2D eigenvalue weighted by molar-refractivity contribution is 0.0691. The molecule has 2 aromatic rings. The second kappa shape index (κ2) is 5.68. The predicted molar refractivity (Wildman–Crippen MR) is 68.9 cm³/mol. The summed E-state index contributed by atoms with van der Waals surface area (Å²) in [7, 11) is 0. The van der Waals surface area contributed by atoms with E-state index < -0.39 is 5.97 Å². The minimum Gasteiger partial charge on any atom is -0.476 e. The van der Waals surface area contributed by atoms with Gasteiger partial charge in [0, 0.05) is 6.54 Å². The van der Waals surface area contributed by atoms with Gasteiger partial charge in [-0.3, -0.25) is 0 Å². The number of anilines is 1. The number of nitrogens with zero attached hydrogens (tertiary/aromatic N) is 3. The number of aliphatic hydroxyl groups excluding tert-OH is 1. The molecule has 7 nitrogen and oxygen atoms in total. The fourth-order valence-electron chi connectivity index (χ4n) is 1.47. The summed E-state index contributed by atoms with van der Waals surface area (Å²) in [6.07, 6.45) is 0. The largest absolute Gasteiger partial charge is 0.476 e. The molecule has 0 bridgehead atoms. The first kappa shape index (κ1) is 13.3.